The van der Waals surface area contributed by atoms with Crippen LogP contribution in [0, 0.1) is 0 Å². The molecule has 32 heavy (non-hydrogen) atoms. The van der Waals surface area contributed by atoms with Crippen LogP contribution in [0.25, 0.3) is 33.2 Å². The Labute approximate surface area is 186 Å². The molecule has 0 aliphatic rings. The molecule has 0 aliphatic carbocycles. The van der Waals surface area contributed by atoms with Gasteiger partial charge in [0.1, 0.15) is 6.54 Å². The third-order valence-electron chi connectivity index (χ3n) is 5.09. The number of hydrogen-bond acceptors (Lipinski definition) is 6. The molecule has 0 fully saturated rings. The molecule has 0 saturated carbocycles. The average molecular weight is 446 g/mol. The number of hydrogen-bond donors (Lipinski definition) is 0. The van der Waals surface area contributed by atoms with Crippen LogP contribution < -0.4 is 5.43 Å². The fourth-order valence-corrected chi connectivity index (χ4v) is 3.72. The van der Waals surface area contributed by atoms with Crippen LogP contribution in [0.2, 0.25) is 5.02 Å². The number of para-hydroxylation sites is 2. The maximum atomic E-state index is 12.8. The van der Waals surface area contributed by atoms with Crippen molar-refractivity contribution in [2.45, 2.75) is 13.2 Å². The lowest BCUT2D eigenvalue weighted by atomic mass is 10.1. The molecule has 2 heterocycles. The number of fused-ring (bicyclic) bond motifs is 2. The number of carbonyl (C=O) groups excluding carboxylic acids is 1. The van der Waals surface area contributed by atoms with E-state index in [0.29, 0.717) is 32.7 Å². The van der Waals surface area contributed by atoms with Gasteiger partial charge < -0.3 is 13.8 Å². The van der Waals surface area contributed by atoms with Crippen LogP contribution >= 0.6 is 11.6 Å². The topological polar surface area (TPSA) is 87.2 Å². The molecule has 158 valence electrons. The second-order valence-electron chi connectivity index (χ2n) is 7.13. The van der Waals surface area contributed by atoms with Gasteiger partial charge in [-0.15, -0.1) is 0 Å². The Morgan fingerprint density at radius 2 is 1.56 bits per heavy atom. The van der Waals surface area contributed by atoms with E-state index in [2.05, 4.69) is 10.1 Å². The van der Waals surface area contributed by atoms with E-state index in [-0.39, 0.29) is 24.5 Å². The quantitative estimate of drug-likeness (QED) is 0.290. The van der Waals surface area contributed by atoms with E-state index in [1.54, 1.807) is 53.1 Å². The largest absolute Gasteiger partial charge is 0.454 e. The van der Waals surface area contributed by atoms with Gasteiger partial charge in [0.15, 0.2) is 12.0 Å². The van der Waals surface area contributed by atoms with Crippen molar-refractivity contribution in [3.05, 3.63) is 93.9 Å². The van der Waals surface area contributed by atoms with E-state index in [9.17, 15) is 9.59 Å². The van der Waals surface area contributed by atoms with Crippen LogP contribution in [-0.2, 0) is 22.7 Å². The van der Waals surface area contributed by atoms with E-state index in [1.807, 2.05) is 24.3 Å². The summed E-state index contributed by atoms with van der Waals surface area (Å²) in [6.45, 7) is -0.227. The van der Waals surface area contributed by atoms with Gasteiger partial charge in [0, 0.05) is 21.4 Å². The summed E-state index contributed by atoms with van der Waals surface area (Å²) < 4.78 is 12.3. The minimum atomic E-state index is -0.491. The first-order valence-corrected chi connectivity index (χ1v) is 10.2. The van der Waals surface area contributed by atoms with Crippen molar-refractivity contribution >= 4 is 39.4 Å². The highest BCUT2D eigenvalue weighted by Crippen LogP contribution is 2.20. The number of nitrogens with zero attached hydrogens (tertiary/aromatic N) is 3. The van der Waals surface area contributed by atoms with Crippen LogP contribution in [0.3, 0.4) is 0 Å². The van der Waals surface area contributed by atoms with Crippen LogP contribution in [0.1, 0.15) is 5.89 Å². The number of pyridine rings is 1. The number of aromatic nitrogens is 3. The SMILES string of the molecule is O=C(Cn1c2ccccc2c(=O)c2ccccc21)OCc1nc(-c2ccc(Cl)cc2)no1. The molecule has 0 unspecified atom stereocenters. The van der Waals surface area contributed by atoms with E-state index < -0.39 is 5.97 Å². The Morgan fingerprint density at radius 3 is 2.22 bits per heavy atom. The monoisotopic (exact) mass is 445 g/mol. The molecule has 8 heteroatoms. The molecule has 2 aromatic heterocycles. The second-order valence-corrected chi connectivity index (χ2v) is 7.57. The van der Waals surface area contributed by atoms with Crippen molar-refractivity contribution in [2.24, 2.45) is 0 Å². The number of carbonyl (C=O) groups is 1. The molecule has 5 rings (SSSR count). The fourth-order valence-electron chi connectivity index (χ4n) is 3.59. The van der Waals surface area contributed by atoms with E-state index in [4.69, 9.17) is 20.9 Å². The standard InChI is InChI=1S/C24H16ClN3O4/c25-16-11-9-15(10-12-16)24-26-21(32-27-24)14-31-22(29)13-28-19-7-3-1-5-17(19)23(30)18-6-2-4-8-20(18)28/h1-12H,13-14H2. The Kier molecular flexibility index (Phi) is 5.17. The van der Waals surface area contributed by atoms with Gasteiger partial charge in [-0.25, -0.2) is 0 Å². The highest BCUT2D eigenvalue weighted by molar-refractivity contribution is 6.30. The van der Waals surface area contributed by atoms with Crippen molar-refractivity contribution in [1.29, 1.82) is 0 Å². The lowest BCUT2D eigenvalue weighted by molar-refractivity contribution is -0.146. The number of esters is 1. The summed E-state index contributed by atoms with van der Waals surface area (Å²) in [5, 5.41) is 5.60. The lowest BCUT2D eigenvalue weighted by Crippen LogP contribution is -2.18. The smallest absolute Gasteiger partial charge is 0.326 e. The zero-order valence-corrected chi connectivity index (χ0v) is 17.5. The Balaban J connectivity index is 1.37. The third kappa shape index (κ3) is 3.74. The molecule has 0 radical (unpaired) electrons. The van der Waals surface area contributed by atoms with Gasteiger partial charge in [-0.3, -0.25) is 9.59 Å². The molecule has 7 nitrogen and oxygen atoms in total. The summed E-state index contributed by atoms with van der Waals surface area (Å²) in [7, 11) is 0. The van der Waals surface area contributed by atoms with Crippen molar-refractivity contribution in [3.63, 3.8) is 0 Å². The Bertz CT molecular complexity index is 1450. The Morgan fingerprint density at radius 1 is 0.938 bits per heavy atom. The van der Waals surface area contributed by atoms with Gasteiger partial charge in [-0.1, -0.05) is 41.0 Å². The van der Waals surface area contributed by atoms with Gasteiger partial charge in [0.2, 0.25) is 5.82 Å². The first-order valence-electron chi connectivity index (χ1n) is 9.84. The molecule has 0 saturated heterocycles. The van der Waals surface area contributed by atoms with Crippen LogP contribution in [0.4, 0.5) is 0 Å². The van der Waals surface area contributed by atoms with Crippen molar-refractivity contribution in [2.75, 3.05) is 0 Å². The summed E-state index contributed by atoms with van der Waals surface area (Å²) in [4.78, 5) is 29.7. The fraction of sp³-hybridized carbons (Fsp3) is 0.0833. The zero-order valence-electron chi connectivity index (χ0n) is 16.7. The normalized spacial score (nSPS) is 11.2. The number of benzene rings is 3. The van der Waals surface area contributed by atoms with E-state index >= 15 is 0 Å². The van der Waals surface area contributed by atoms with Gasteiger partial charge >= 0.3 is 5.97 Å². The molecule has 5 aromatic rings. The predicted octanol–water partition coefficient (Wildman–Crippen LogP) is 4.60. The molecular weight excluding hydrogens is 430 g/mol. The van der Waals surface area contributed by atoms with Gasteiger partial charge in [0.05, 0.1) is 11.0 Å². The van der Waals surface area contributed by atoms with E-state index in [0.717, 1.165) is 5.56 Å². The Hall–Kier alpha value is -3.97. The summed E-state index contributed by atoms with van der Waals surface area (Å²) in [5.41, 5.74) is 2.00. The van der Waals surface area contributed by atoms with Crippen LogP contribution in [-0.4, -0.2) is 20.7 Å². The van der Waals surface area contributed by atoms with Gasteiger partial charge in [-0.05, 0) is 48.5 Å². The van der Waals surface area contributed by atoms with Crippen molar-refractivity contribution < 1.29 is 14.1 Å². The molecule has 0 spiro atoms. The molecule has 3 aromatic carbocycles. The maximum absolute atomic E-state index is 12.8. The van der Waals surface area contributed by atoms with Crippen LogP contribution in [0.15, 0.2) is 82.1 Å². The molecular formula is C24H16ClN3O4. The third-order valence-corrected chi connectivity index (χ3v) is 5.35. The maximum Gasteiger partial charge on any atom is 0.326 e. The van der Waals surface area contributed by atoms with Gasteiger partial charge in [-0.2, -0.15) is 4.98 Å². The summed E-state index contributed by atoms with van der Waals surface area (Å²) in [6, 6.07) is 21.4. The number of halogens is 1. The highest BCUT2D eigenvalue weighted by atomic mass is 35.5. The molecule has 0 aliphatic heterocycles. The molecule has 0 N–H and O–H groups in total. The average Bonchev–Trinajstić information content (AvgIpc) is 3.30. The van der Waals surface area contributed by atoms with Crippen molar-refractivity contribution in [3.8, 4) is 11.4 Å². The molecule has 0 atom stereocenters. The summed E-state index contributed by atoms with van der Waals surface area (Å²) in [5.74, 6) is 0.0678. The second kappa shape index (κ2) is 8.28. The number of ether oxygens (including phenoxy) is 1. The number of rotatable bonds is 5. The predicted molar refractivity (Wildman–Crippen MR) is 120 cm³/mol. The molecule has 0 amide bonds. The first kappa shape index (κ1) is 20.0. The van der Waals surface area contributed by atoms with E-state index in [1.165, 1.54) is 0 Å². The summed E-state index contributed by atoms with van der Waals surface area (Å²) in [6.07, 6.45) is 0. The zero-order chi connectivity index (χ0) is 22.1. The van der Waals surface area contributed by atoms with Crippen molar-refractivity contribution in [1.82, 2.24) is 14.7 Å². The highest BCUT2D eigenvalue weighted by Gasteiger charge is 2.15. The lowest BCUT2D eigenvalue weighted by Gasteiger charge is -2.14. The minimum Gasteiger partial charge on any atom is -0.454 e. The minimum absolute atomic E-state index is 0.0681. The summed E-state index contributed by atoms with van der Waals surface area (Å²) >= 11 is 5.90. The first-order chi connectivity index (χ1) is 15.6. The molecule has 0 bridgehead atoms. The van der Waals surface area contributed by atoms with Gasteiger partial charge in [0.25, 0.3) is 5.89 Å². The van der Waals surface area contributed by atoms with Crippen LogP contribution in [0.5, 0.6) is 0 Å².